The molecule has 5 rings (SSSR count). The van der Waals surface area contributed by atoms with Gasteiger partial charge < -0.3 is 24.0 Å². The second-order valence-corrected chi connectivity index (χ2v) is 10.1. The maximum Gasteiger partial charge on any atom is 0.248 e. The monoisotopic (exact) mass is 533 g/mol. The zero-order chi connectivity index (χ0) is 27.5. The van der Waals surface area contributed by atoms with Crippen molar-refractivity contribution in [1.82, 2.24) is 9.55 Å². The summed E-state index contributed by atoms with van der Waals surface area (Å²) in [5.41, 5.74) is 3.04. The Morgan fingerprint density at radius 1 is 0.846 bits per heavy atom. The number of nitrogens with zero attached hydrogens (tertiary/aromatic N) is 3. The number of rotatable bonds is 9. The third kappa shape index (κ3) is 6.06. The van der Waals surface area contributed by atoms with E-state index in [1.807, 2.05) is 71.3 Å². The highest BCUT2D eigenvalue weighted by atomic mass is 19.3. The fourth-order valence-corrected chi connectivity index (χ4v) is 5.16. The number of benzene rings is 3. The second-order valence-electron chi connectivity index (χ2n) is 10.1. The molecule has 1 aliphatic rings. The minimum absolute atomic E-state index is 0.0118. The zero-order valence-corrected chi connectivity index (χ0v) is 22.2. The van der Waals surface area contributed by atoms with Crippen LogP contribution in [0.15, 0.2) is 85.5 Å². The number of halogens is 2. The SMILES string of the molecule is COc1ccc(CN(Cc2ccc(OC)cc2)c2ccc(-n3ccnc3)c(C3(O)CCC(F)(F)CC3)c2)cc1. The molecule has 1 aromatic heterocycles. The maximum atomic E-state index is 14.1. The summed E-state index contributed by atoms with van der Waals surface area (Å²) in [7, 11) is 3.28. The van der Waals surface area contributed by atoms with Gasteiger partial charge in [-0.05, 0) is 66.4 Å². The first kappa shape index (κ1) is 26.7. The summed E-state index contributed by atoms with van der Waals surface area (Å²) < 4.78 is 40.6. The molecule has 0 aliphatic heterocycles. The average molecular weight is 534 g/mol. The molecule has 0 atom stereocenters. The number of imidazole rings is 1. The fraction of sp³-hybridized carbons (Fsp3) is 0.323. The van der Waals surface area contributed by atoms with Gasteiger partial charge in [-0.15, -0.1) is 0 Å². The van der Waals surface area contributed by atoms with Crippen LogP contribution in [-0.4, -0.2) is 34.8 Å². The lowest BCUT2D eigenvalue weighted by Crippen LogP contribution is -2.37. The first-order valence-corrected chi connectivity index (χ1v) is 13.0. The van der Waals surface area contributed by atoms with Crippen molar-refractivity contribution in [3.8, 4) is 17.2 Å². The average Bonchev–Trinajstić information content (AvgIpc) is 3.50. The van der Waals surface area contributed by atoms with E-state index in [1.165, 1.54) is 0 Å². The number of aromatic nitrogens is 2. The van der Waals surface area contributed by atoms with Gasteiger partial charge in [0.2, 0.25) is 5.92 Å². The molecule has 1 fully saturated rings. The molecule has 0 bridgehead atoms. The zero-order valence-electron chi connectivity index (χ0n) is 22.2. The highest BCUT2D eigenvalue weighted by Gasteiger charge is 2.44. The topological polar surface area (TPSA) is 59.8 Å². The number of ether oxygens (including phenoxy) is 2. The molecule has 0 unspecified atom stereocenters. The van der Waals surface area contributed by atoms with E-state index in [-0.39, 0.29) is 25.7 Å². The molecular weight excluding hydrogens is 500 g/mol. The van der Waals surface area contributed by atoms with Gasteiger partial charge in [0.1, 0.15) is 11.5 Å². The summed E-state index contributed by atoms with van der Waals surface area (Å²) in [5.74, 6) is -1.19. The molecule has 0 amide bonds. The Bertz CT molecular complexity index is 1310. The van der Waals surface area contributed by atoms with Crippen LogP contribution in [0.5, 0.6) is 11.5 Å². The summed E-state index contributed by atoms with van der Waals surface area (Å²) in [4.78, 5) is 6.37. The molecule has 3 aromatic carbocycles. The Kier molecular flexibility index (Phi) is 7.57. The Morgan fingerprint density at radius 3 is 1.90 bits per heavy atom. The molecular formula is C31H33F2N3O3. The molecule has 0 spiro atoms. The van der Waals surface area contributed by atoms with Crippen molar-refractivity contribution in [2.45, 2.75) is 50.3 Å². The van der Waals surface area contributed by atoms with E-state index >= 15 is 0 Å². The first-order valence-electron chi connectivity index (χ1n) is 13.0. The van der Waals surface area contributed by atoms with Crippen LogP contribution in [0.1, 0.15) is 42.4 Å². The van der Waals surface area contributed by atoms with E-state index in [0.717, 1.165) is 34.0 Å². The number of methoxy groups -OCH3 is 2. The van der Waals surface area contributed by atoms with Crippen LogP contribution < -0.4 is 14.4 Å². The molecule has 1 aliphatic carbocycles. The standard InChI is InChI=1S/C31H33F2N3O3/c1-38-26-8-3-23(4-9-26)20-36(21-24-5-10-27(39-2)11-6-24)25-7-12-29(35-18-17-34-22-35)28(19-25)30(37)13-15-31(32,33)16-14-30/h3-12,17-19,22,37H,13-16,20-21H2,1-2H3. The predicted octanol–water partition coefficient (Wildman–Crippen LogP) is 6.49. The van der Waals surface area contributed by atoms with Gasteiger partial charge in [-0.2, -0.15) is 0 Å². The lowest BCUT2D eigenvalue weighted by atomic mass is 9.77. The lowest BCUT2D eigenvalue weighted by molar-refractivity contribution is -0.106. The molecule has 1 N–H and O–H groups in total. The molecule has 8 heteroatoms. The van der Waals surface area contributed by atoms with E-state index in [9.17, 15) is 13.9 Å². The van der Waals surface area contributed by atoms with Gasteiger partial charge in [0, 0.05) is 49.6 Å². The number of hydrogen-bond donors (Lipinski definition) is 1. The summed E-state index contributed by atoms with van der Waals surface area (Å²) >= 11 is 0. The van der Waals surface area contributed by atoms with Crippen LogP contribution in [0.3, 0.4) is 0 Å². The van der Waals surface area contributed by atoms with E-state index in [0.29, 0.717) is 18.7 Å². The van der Waals surface area contributed by atoms with Gasteiger partial charge in [-0.25, -0.2) is 13.8 Å². The van der Waals surface area contributed by atoms with E-state index in [4.69, 9.17) is 9.47 Å². The molecule has 39 heavy (non-hydrogen) atoms. The second kappa shape index (κ2) is 11.1. The van der Waals surface area contributed by atoms with Crippen molar-refractivity contribution in [1.29, 1.82) is 0 Å². The van der Waals surface area contributed by atoms with Crippen molar-refractivity contribution in [2.24, 2.45) is 0 Å². The predicted molar refractivity (Wildman–Crippen MR) is 147 cm³/mol. The Labute approximate surface area is 227 Å². The first-order chi connectivity index (χ1) is 18.8. The largest absolute Gasteiger partial charge is 0.497 e. The van der Waals surface area contributed by atoms with Gasteiger partial charge in [-0.3, -0.25) is 0 Å². The van der Waals surface area contributed by atoms with Crippen LogP contribution in [-0.2, 0) is 18.7 Å². The number of anilines is 1. The quantitative estimate of drug-likeness (QED) is 0.266. The van der Waals surface area contributed by atoms with Gasteiger partial charge in [0.15, 0.2) is 0 Å². The molecule has 4 aromatic rings. The van der Waals surface area contributed by atoms with Crippen LogP contribution >= 0.6 is 0 Å². The van der Waals surface area contributed by atoms with Gasteiger partial charge in [0.25, 0.3) is 0 Å². The number of aliphatic hydroxyl groups is 1. The third-order valence-corrected chi connectivity index (χ3v) is 7.50. The maximum absolute atomic E-state index is 14.1. The smallest absolute Gasteiger partial charge is 0.248 e. The van der Waals surface area contributed by atoms with Gasteiger partial charge >= 0.3 is 0 Å². The highest BCUT2D eigenvalue weighted by molar-refractivity contribution is 5.58. The summed E-state index contributed by atoms with van der Waals surface area (Å²) in [6.45, 7) is 1.19. The van der Waals surface area contributed by atoms with E-state index < -0.39 is 11.5 Å². The third-order valence-electron chi connectivity index (χ3n) is 7.50. The fourth-order valence-electron chi connectivity index (χ4n) is 5.16. The minimum atomic E-state index is -2.76. The normalized spacial score (nSPS) is 16.0. The summed E-state index contributed by atoms with van der Waals surface area (Å²) in [5, 5.41) is 11.7. The lowest BCUT2D eigenvalue weighted by Gasteiger charge is -2.38. The molecule has 204 valence electrons. The Morgan fingerprint density at radius 2 is 1.41 bits per heavy atom. The Hall–Kier alpha value is -3.91. The highest BCUT2D eigenvalue weighted by Crippen LogP contribution is 2.46. The van der Waals surface area contributed by atoms with Crippen LogP contribution in [0, 0.1) is 0 Å². The van der Waals surface area contributed by atoms with Crippen molar-refractivity contribution >= 4 is 5.69 Å². The summed E-state index contributed by atoms with van der Waals surface area (Å²) in [6, 6.07) is 21.7. The van der Waals surface area contributed by atoms with Crippen LogP contribution in [0.25, 0.3) is 5.69 Å². The van der Waals surface area contributed by atoms with Crippen molar-refractivity contribution < 1.29 is 23.4 Å². The Balaban J connectivity index is 1.55. The van der Waals surface area contributed by atoms with Crippen molar-refractivity contribution in [3.63, 3.8) is 0 Å². The molecule has 1 saturated carbocycles. The van der Waals surface area contributed by atoms with Gasteiger partial charge in [-0.1, -0.05) is 24.3 Å². The van der Waals surface area contributed by atoms with Crippen molar-refractivity contribution in [3.05, 3.63) is 102 Å². The van der Waals surface area contributed by atoms with Crippen LogP contribution in [0.2, 0.25) is 0 Å². The summed E-state index contributed by atoms with van der Waals surface area (Å²) in [6.07, 6.45) is 4.40. The molecule has 0 radical (unpaired) electrons. The van der Waals surface area contributed by atoms with Crippen molar-refractivity contribution in [2.75, 3.05) is 19.1 Å². The molecule has 0 saturated heterocycles. The number of hydrogen-bond acceptors (Lipinski definition) is 5. The molecule has 6 nitrogen and oxygen atoms in total. The van der Waals surface area contributed by atoms with E-state index in [2.05, 4.69) is 9.88 Å². The van der Waals surface area contributed by atoms with E-state index in [1.54, 1.807) is 32.9 Å². The minimum Gasteiger partial charge on any atom is -0.497 e. The van der Waals surface area contributed by atoms with Gasteiger partial charge in [0.05, 0.1) is 31.8 Å². The van der Waals surface area contributed by atoms with Crippen LogP contribution in [0.4, 0.5) is 14.5 Å². The number of alkyl halides is 2. The molecule has 1 heterocycles.